The second kappa shape index (κ2) is 5.83. The van der Waals surface area contributed by atoms with Crippen molar-refractivity contribution in [3.8, 4) is 0 Å². The van der Waals surface area contributed by atoms with E-state index in [1.807, 2.05) is 0 Å². The maximum absolute atomic E-state index is 11.8. The number of hydrogen-bond donors (Lipinski definition) is 2. The van der Waals surface area contributed by atoms with Gasteiger partial charge in [-0.1, -0.05) is 17.4 Å². The number of nitrogen functional groups attached to an aromatic ring is 1. The van der Waals surface area contributed by atoms with Gasteiger partial charge in [0, 0.05) is 19.6 Å². The molecule has 1 aromatic heterocycles. The smallest absolute Gasteiger partial charge is 0.265 e. The summed E-state index contributed by atoms with van der Waals surface area (Å²) >= 11 is 1.31. The van der Waals surface area contributed by atoms with Gasteiger partial charge in [0.1, 0.15) is 10.7 Å². The van der Waals surface area contributed by atoms with Gasteiger partial charge in [-0.3, -0.25) is 4.79 Å². The largest absolute Gasteiger partial charge is 0.382 e. The average molecular weight is 268 g/mol. The lowest BCUT2D eigenvalue weighted by atomic mass is 10.4. The lowest BCUT2D eigenvalue weighted by Crippen LogP contribution is -2.36. The van der Waals surface area contributed by atoms with Crippen LogP contribution in [0.4, 0.5) is 10.9 Å². The molecule has 0 spiro atoms. The first-order chi connectivity index (χ1) is 8.72. The van der Waals surface area contributed by atoms with Crippen molar-refractivity contribution in [2.75, 3.05) is 43.5 Å². The molecule has 3 N–H and O–H groups in total. The molecule has 18 heavy (non-hydrogen) atoms. The van der Waals surface area contributed by atoms with E-state index in [1.54, 1.807) is 6.08 Å². The third-order valence-corrected chi connectivity index (χ3v) is 3.67. The van der Waals surface area contributed by atoms with Gasteiger partial charge >= 0.3 is 0 Å². The highest BCUT2D eigenvalue weighted by Gasteiger charge is 2.20. The zero-order chi connectivity index (χ0) is 13.0. The van der Waals surface area contributed by atoms with E-state index in [-0.39, 0.29) is 11.7 Å². The summed E-state index contributed by atoms with van der Waals surface area (Å²) in [4.78, 5) is 18.6. The molecule has 0 saturated carbocycles. The number of nitrogens with zero attached hydrogens (tertiary/aromatic N) is 2. The first-order valence-corrected chi connectivity index (χ1v) is 6.52. The number of amides is 1. The van der Waals surface area contributed by atoms with E-state index >= 15 is 0 Å². The SMILES string of the molecule is C=CCNC(=O)c1sc(N2CCOCC2)nc1N. The Labute approximate surface area is 109 Å². The standard InChI is InChI=1S/C11H16N4O2S/c1-2-3-13-10(16)8-9(12)14-11(18-8)15-4-6-17-7-5-15/h2H,1,3-7,12H2,(H,13,16). The summed E-state index contributed by atoms with van der Waals surface area (Å²) in [5.41, 5.74) is 5.78. The van der Waals surface area contributed by atoms with Gasteiger partial charge < -0.3 is 20.7 Å². The van der Waals surface area contributed by atoms with Crippen LogP contribution in [-0.2, 0) is 4.74 Å². The van der Waals surface area contributed by atoms with Crippen LogP contribution in [0.5, 0.6) is 0 Å². The lowest BCUT2D eigenvalue weighted by Gasteiger charge is -2.25. The molecule has 1 aromatic rings. The molecule has 6 nitrogen and oxygen atoms in total. The first-order valence-electron chi connectivity index (χ1n) is 5.70. The van der Waals surface area contributed by atoms with Crippen molar-refractivity contribution in [2.45, 2.75) is 0 Å². The predicted octanol–water partition coefficient (Wildman–Crippen LogP) is 0.478. The summed E-state index contributed by atoms with van der Waals surface area (Å²) < 4.78 is 5.27. The Morgan fingerprint density at radius 3 is 3.00 bits per heavy atom. The van der Waals surface area contributed by atoms with Gasteiger partial charge in [0.2, 0.25) is 0 Å². The zero-order valence-corrected chi connectivity index (χ0v) is 10.8. The Kier molecular flexibility index (Phi) is 4.16. The summed E-state index contributed by atoms with van der Waals surface area (Å²) in [6, 6.07) is 0. The second-order valence-corrected chi connectivity index (χ2v) is 4.79. The average Bonchev–Trinajstić information content (AvgIpc) is 2.79. The Hall–Kier alpha value is -1.60. The molecule has 1 fully saturated rings. The molecule has 7 heteroatoms. The Morgan fingerprint density at radius 2 is 2.33 bits per heavy atom. The Bertz CT molecular complexity index is 440. The molecular formula is C11H16N4O2S. The van der Waals surface area contributed by atoms with Crippen LogP contribution < -0.4 is 16.0 Å². The van der Waals surface area contributed by atoms with Crippen molar-refractivity contribution in [3.63, 3.8) is 0 Å². The molecule has 2 heterocycles. The second-order valence-electron chi connectivity index (χ2n) is 3.81. The number of aromatic nitrogens is 1. The van der Waals surface area contributed by atoms with Gasteiger partial charge in [0.15, 0.2) is 5.13 Å². The predicted molar refractivity (Wildman–Crippen MR) is 72.1 cm³/mol. The van der Waals surface area contributed by atoms with Gasteiger partial charge in [-0.15, -0.1) is 6.58 Å². The number of thiazole rings is 1. The number of morpholine rings is 1. The fourth-order valence-corrected chi connectivity index (χ4v) is 2.57. The molecule has 98 valence electrons. The van der Waals surface area contributed by atoms with Crippen molar-refractivity contribution in [2.24, 2.45) is 0 Å². The summed E-state index contributed by atoms with van der Waals surface area (Å²) in [7, 11) is 0. The topological polar surface area (TPSA) is 80.5 Å². The van der Waals surface area contributed by atoms with Crippen LogP contribution in [0.1, 0.15) is 9.67 Å². The maximum atomic E-state index is 11.8. The van der Waals surface area contributed by atoms with E-state index in [4.69, 9.17) is 10.5 Å². The van der Waals surface area contributed by atoms with E-state index in [1.165, 1.54) is 11.3 Å². The number of carbonyl (C=O) groups excluding carboxylic acids is 1. The van der Waals surface area contributed by atoms with E-state index in [9.17, 15) is 4.79 Å². The van der Waals surface area contributed by atoms with Crippen molar-refractivity contribution in [3.05, 3.63) is 17.5 Å². The summed E-state index contributed by atoms with van der Waals surface area (Å²) in [5.74, 6) is 0.0764. The molecule has 1 amide bonds. The molecular weight excluding hydrogens is 252 g/mol. The van der Waals surface area contributed by atoms with Crippen molar-refractivity contribution in [1.82, 2.24) is 10.3 Å². The van der Waals surface area contributed by atoms with E-state index < -0.39 is 0 Å². The number of ether oxygens (including phenoxy) is 1. The monoisotopic (exact) mass is 268 g/mol. The normalized spacial score (nSPS) is 15.4. The molecule has 2 rings (SSSR count). The molecule has 0 aliphatic carbocycles. The van der Waals surface area contributed by atoms with E-state index in [2.05, 4.69) is 21.8 Å². The van der Waals surface area contributed by atoms with Gasteiger partial charge in [0.25, 0.3) is 5.91 Å². The summed E-state index contributed by atoms with van der Waals surface area (Å²) in [5, 5.41) is 3.47. The van der Waals surface area contributed by atoms with Crippen LogP contribution >= 0.6 is 11.3 Å². The minimum Gasteiger partial charge on any atom is -0.382 e. The van der Waals surface area contributed by atoms with Crippen LogP contribution in [0.3, 0.4) is 0 Å². The number of hydrogen-bond acceptors (Lipinski definition) is 6. The highest BCUT2D eigenvalue weighted by Crippen LogP contribution is 2.28. The number of carbonyl (C=O) groups is 1. The van der Waals surface area contributed by atoms with E-state index in [0.29, 0.717) is 24.6 Å². The third-order valence-electron chi connectivity index (χ3n) is 2.54. The number of anilines is 2. The van der Waals surface area contributed by atoms with Gasteiger partial charge in [-0.25, -0.2) is 4.98 Å². The van der Waals surface area contributed by atoms with Crippen LogP contribution in [-0.4, -0.2) is 43.7 Å². The van der Waals surface area contributed by atoms with Crippen molar-refractivity contribution < 1.29 is 9.53 Å². The first kappa shape index (κ1) is 12.8. The fraction of sp³-hybridized carbons (Fsp3) is 0.455. The Balaban J connectivity index is 2.10. The molecule has 0 aromatic carbocycles. The Morgan fingerprint density at radius 1 is 1.61 bits per heavy atom. The van der Waals surface area contributed by atoms with Crippen molar-refractivity contribution >= 4 is 28.2 Å². The van der Waals surface area contributed by atoms with Crippen LogP contribution in [0.25, 0.3) is 0 Å². The van der Waals surface area contributed by atoms with Crippen molar-refractivity contribution in [1.29, 1.82) is 0 Å². The quantitative estimate of drug-likeness (QED) is 0.776. The van der Waals surface area contributed by atoms with Gasteiger partial charge in [0.05, 0.1) is 13.2 Å². The molecule has 0 radical (unpaired) electrons. The molecule has 1 saturated heterocycles. The summed E-state index contributed by atoms with van der Waals surface area (Å²) in [6.45, 7) is 6.88. The maximum Gasteiger partial charge on any atom is 0.265 e. The minimum absolute atomic E-state index is 0.204. The molecule has 1 aliphatic rings. The van der Waals surface area contributed by atoms with Crippen LogP contribution in [0, 0.1) is 0 Å². The summed E-state index contributed by atoms with van der Waals surface area (Å²) in [6.07, 6.45) is 1.62. The van der Waals surface area contributed by atoms with Gasteiger partial charge in [-0.2, -0.15) is 0 Å². The van der Waals surface area contributed by atoms with Crippen LogP contribution in [0.2, 0.25) is 0 Å². The third kappa shape index (κ3) is 2.80. The molecule has 0 bridgehead atoms. The molecule has 0 atom stereocenters. The molecule has 0 unspecified atom stereocenters. The molecule has 1 aliphatic heterocycles. The number of nitrogens with one attached hydrogen (secondary N) is 1. The number of rotatable bonds is 4. The highest BCUT2D eigenvalue weighted by molar-refractivity contribution is 7.18. The number of nitrogens with two attached hydrogens (primary N) is 1. The highest BCUT2D eigenvalue weighted by atomic mass is 32.1. The van der Waals surface area contributed by atoms with E-state index in [0.717, 1.165) is 18.2 Å². The minimum atomic E-state index is -0.204. The van der Waals surface area contributed by atoms with Crippen LogP contribution in [0.15, 0.2) is 12.7 Å². The lowest BCUT2D eigenvalue weighted by molar-refractivity contribution is 0.0962. The van der Waals surface area contributed by atoms with Gasteiger partial charge in [-0.05, 0) is 0 Å². The zero-order valence-electron chi connectivity index (χ0n) is 10.0. The fourth-order valence-electron chi connectivity index (χ4n) is 1.62.